The number of fused-ring (bicyclic) bond motifs is 1. The maximum absolute atomic E-state index is 11.9. The molecule has 3 aromatic heterocycles. The summed E-state index contributed by atoms with van der Waals surface area (Å²) in [6, 6.07) is 14.4. The lowest BCUT2D eigenvalue weighted by molar-refractivity contribution is -0.125. The lowest BCUT2D eigenvalue weighted by Gasteiger charge is -2.04. The molecule has 0 saturated carbocycles. The van der Waals surface area contributed by atoms with Gasteiger partial charge in [0.25, 0.3) is 11.5 Å². The summed E-state index contributed by atoms with van der Waals surface area (Å²) in [4.78, 5) is 35.9. The minimum absolute atomic E-state index is 0.221. The van der Waals surface area contributed by atoms with Crippen molar-refractivity contribution >= 4 is 33.7 Å². The standard InChI is InChI=1S/C23H17N5O4S/c24-9-17-21(30)20-18(13-33-23(20)28-22(17)31)15-6-4-14(5-7-15)10-27-32-12-19(29)26-11-16-3-1-2-8-25-16/h1-8,10,13H,11-12H2,(H,26,29)(H2,28,30,31). The van der Waals surface area contributed by atoms with Gasteiger partial charge in [0.05, 0.1) is 23.8 Å². The molecule has 0 saturated heterocycles. The average Bonchev–Trinajstić information content (AvgIpc) is 3.26. The minimum atomic E-state index is -0.618. The van der Waals surface area contributed by atoms with Crippen molar-refractivity contribution in [1.29, 1.82) is 5.26 Å². The summed E-state index contributed by atoms with van der Waals surface area (Å²) in [5, 5.41) is 28.3. The van der Waals surface area contributed by atoms with Gasteiger partial charge in [0.15, 0.2) is 12.2 Å². The molecule has 4 aromatic rings. The Morgan fingerprint density at radius 1 is 1.30 bits per heavy atom. The number of thiophene rings is 1. The molecule has 33 heavy (non-hydrogen) atoms. The third-order valence-electron chi connectivity index (χ3n) is 4.72. The molecule has 0 aliphatic rings. The molecular weight excluding hydrogens is 442 g/mol. The second kappa shape index (κ2) is 9.76. The number of aromatic nitrogens is 2. The van der Waals surface area contributed by atoms with E-state index < -0.39 is 5.56 Å². The number of oxime groups is 1. The van der Waals surface area contributed by atoms with Crippen molar-refractivity contribution < 1.29 is 14.7 Å². The average molecular weight is 459 g/mol. The summed E-state index contributed by atoms with van der Waals surface area (Å²) >= 11 is 1.27. The van der Waals surface area contributed by atoms with Gasteiger partial charge >= 0.3 is 0 Å². The monoisotopic (exact) mass is 459 g/mol. The van der Waals surface area contributed by atoms with Crippen molar-refractivity contribution in [2.45, 2.75) is 6.54 Å². The van der Waals surface area contributed by atoms with Crippen LogP contribution < -0.4 is 10.9 Å². The number of nitrogens with one attached hydrogen (secondary N) is 2. The number of benzene rings is 1. The predicted molar refractivity (Wildman–Crippen MR) is 124 cm³/mol. The topological polar surface area (TPSA) is 140 Å². The summed E-state index contributed by atoms with van der Waals surface area (Å²) in [5.41, 5.74) is 2.04. The van der Waals surface area contributed by atoms with E-state index in [9.17, 15) is 14.7 Å². The summed E-state index contributed by atoms with van der Waals surface area (Å²) < 4.78 is 0. The molecule has 10 heteroatoms. The number of aromatic amines is 1. The van der Waals surface area contributed by atoms with Gasteiger partial charge in [-0.15, -0.1) is 11.3 Å². The molecule has 0 atom stereocenters. The number of H-pyrrole nitrogens is 1. The number of nitrogens with zero attached hydrogens (tertiary/aromatic N) is 3. The molecule has 0 radical (unpaired) electrons. The quantitative estimate of drug-likeness (QED) is 0.287. The fraction of sp³-hybridized carbons (Fsp3) is 0.0870. The summed E-state index contributed by atoms with van der Waals surface area (Å²) in [6.45, 7) is 0.0891. The third-order valence-corrected chi connectivity index (χ3v) is 5.61. The van der Waals surface area contributed by atoms with Crippen molar-refractivity contribution in [2.75, 3.05) is 6.61 Å². The van der Waals surface area contributed by atoms with Crippen LogP contribution in [0.2, 0.25) is 0 Å². The van der Waals surface area contributed by atoms with E-state index >= 15 is 0 Å². The molecule has 0 bridgehead atoms. The predicted octanol–water partition coefficient (Wildman–Crippen LogP) is 2.90. The van der Waals surface area contributed by atoms with E-state index in [2.05, 4.69) is 20.4 Å². The lowest BCUT2D eigenvalue weighted by Crippen LogP contribution is -2.26. The number of hydrogen-bond acceptors (Lipinski definition) is 8. The normalized spacial score (nSPS) is 10.9. The molecule has 3 N–H and O–H groups in total. The first-order chi connectivity index (χ1) is 16.1. The summed E-state index contributed by atoms with van der Waals surface area (Å²) in [6.07, 6.45) is 3.13. The van der Waals surface area contributed by atoms with Crippen LogP contribution in [-0.2, 0) is 16.2 Å². The van der Waals surface area contributed by atoms with Crippen LogP contribution in [0, 0.1) is 11.3 Å². The summed E-state index contributed by atoms with van der Waals surface area (Å²) in [7, 11) is 0. The molecule has 0 spiro atoms. The Morgan fingerprint density at radius 2 is 2.12 bits per heavy atom. The largest absolute Gasteiger partial charge is 0.506 e. The Labute approximate surface area is 191 Å². The highest BCUT2D eigenvalue weighted by molar-refractivity contribution is 7.17. The Morgan fingerprint density at radius 3 is 2.85 bits per heavy atom. The van der Waals surface area contributed by atoms with Crippen LogP contribution in [-0.4, -0.2) is 33.8 Å². The molecular formula is C23H17N5O4S. The zero-order valence-corrected chi connectivity index (χ0v) is 17.9. The molecule has 1 aromatic carbocycles. The van der Waals surface area contributed by atoms with Crippen LogP contribution >= 0.6 is 11.3 Å². The lowest BCUT2D eigenvalue weighted by atomic mass is 10.0. The zero-order valence-electron chi connectivity index (χ0n) is 17.1. The van der Waals surface area contributed by atoms with Gasteiger partial charge < -0.3 is 20.2 Å². The Balaban J connectivity index is 1.38. The molecule has 4 rings (SSSR count). The second-order valence-corrected chi connectivity index (χ2v) is 7.75. The van der Waals surface area contributed by atoms with Crippen molar-refractivity contribution in [2.24, 2.45) is 5.16 Å². The number of aromatic hydroxyl groups is 1. The molecule has 0 unspecified atom stereocenters. The van der Waals surface area contributed by atoms with Gasteiger partial charge in [-0.2, -0.15) is 5.26 Å². The van der Waals surface area contributed by atoms with Crippen LogP contribution in [0.3, 0.4) is 0 Å². The number of hydrogen-bond donors (Lipinski definition) is 3. The van der Waals surface area contributed by atoms with Crippen LogP contribution in [0.4, 0.5) is 0 Å². The first kappa shape index (κ1) is 21.7. The fourth-order valence-corrected chi connectivity index (χ4v) is 4.05. The third kappa shape index (κ3) is 4.89. The van der Waals surface area contributed by atoms with Gasteiger partial charge in [0.2, 0.25) is 0 Å². The molecule has 0 fully saturated rings. The molecule has 1 amide bonds. The maximum atomic E-state index is 11.9. The number of carbonyl (C=O) groups is 1. The van der Waals surface area contributed by atoms with E-state index in [4.69, 9.17) is 10.1 Å². The molecule has 0 aliphatic carbocycles. The van der Waals surface area contributed by atoms with Crippen molar-refractivity contribution in [3.8, 4) is 22.9 Å². The smallest absolute Gasteiger partial charge is 0.270 e. The van der Waals surface area contributed by atoms with Gasteiger partial charge in [0, 0.05) is 17.1 Å². The number of rotatable bonds is 7. The van der Waals surface area contributed by atoms with Crippen molar-refractivity contribution in [3.05, 3.63) is 81.2 Å². The number of carbonyl (C=O) groups excluding carboxylic acids is 1. The number of pyridine rings is 2. The molecule has 164 valence electrons. The Kier molecular flexibility index (Phi) is 6.43. The highest BCUT2D eigenvalue weighted by Gasteiger charge is 2.17. The van der Waals surface area contributed by atoms with Crippen molar-refractivity contribution in [1.82, 2.24) is 15.3 Å². The first-order valence-corrected chi connectivity index (χ1v) is 10.6. The van der Waals surface area contributed by atoms with E-state index in [-0.39, 0.29) is 23.8 Å². The number of nitriles is 1. The summed E-state index contributed by atoms with van der Waals surface area (Å²) in [5.74, 6) is -0.639. The van der Waals surface area contributed by atoms with Crippen LogP contribution in [0.25, 0.3) is 21.3 Å². The SMILES string of the molecule is N#Cc1c(O)c2c(-c3ccc(C=NOCC(=O)NCc4ccccn4)cc3)csc2[nH]c1=O. The van der Waals surface area contributed by atoms with Gasteiger partial charge in [-0.1, -0.05) is 35.5 Å². The molecule has 3 heterocycles. The van der Waals surface area contributed by atoms with E-state index in [0.29, 0.717) is 22.3 Å². The van der Waals surface area contributed by atoms with E-state index in [1.165, 1.54) is 17.6 Å². The van der Waals surface area contributed by atoms with Gasteiger partial charge in [0.1, 0.15) is 16.6 Å². The van der Waals surface area contributed by atoms with E-state index in [1.807, 2.05) is 24.3 Å². The van der Waals surface area contributed by atoms with Crippen LogP contribution in [0.5, 0.6) is 5.75 Å². The maximum Gasteiger partial charge on any atom is 0.270 e. The highest BCUT2D eigenvalue weighted by Crippen LogP contribution is 2.38. The van der Waals surface area contributed by atoms with Gasteiger partial charge in [-0.25, -0.2) is 0 Å². The fourth-order valence-electron chi connectivity index (χ4n) is 3.08. The second-order valence-electron chi connectivity index (χ2n) is 6.87. The van der Waals surface area contributed by atoms with Crippen LogP contribution in [0.1, 0.15) is 16.8 Å². The highest BCUT2D eigenvalue weighted by atomic mass is 32.1. The Bertz CT molecular complexity index is 1420. The van der Waals surface area contributed by atoms with Gasteiger partial charge in [-0.3, -0.25) is 14.6 Å². The molecule has 9 nitrogen and oxygen atoms in total. The van der Waals surface area contributed by atoms with Crippen LogP contribution in [0.15, 0.2) is 64.0 Å². The zero-order chi connectivity index (χ0) is 23.2. The van der Waals surface area contributed by atoms with Crippen molar-refractivity contribution in [3.63, 3.8) is 0 Å². The minimum Gasteiger partial charge on any atom is -0.506 e. The number of amides is 1. The van der Waals surface area contributed by atoms with Gasteiger partial charge in [-0.05, 0) is 23.3 Å². The first-order valence-electron chi connectivity index (χ1n) is 9.75. The molecule has 0 aliphatic heterocycles. The Hall–Kier alpha value is -4.49. The van der Waals surface area contributed by atoms with E-state index in [1.54, 1.807) is 35.8 Å². The van der Waals surface area contributed by atoms with E-state index in [0.717, 1.165) is 16.8 Å².